The van der Waals surface area contributed by atoms with Gasteiger partial charge in [0, 0.05) is 23.9 Å². The average Bonchev–Trinajstić information content (AvgIpc) is 2.90. The van der Waals surface area contributed by atoms with Crippen molar-refractivity contribution in [2.45, 2.75) is 26.8 Å². The highest BCUT2D eigenvalue weighted by atomic mass is 19.1. The lowest BCUT2D eigenvalue weighted by atomic mass is 10.0. The molecule has 1 unspecified atom stereocenters. The van der Waals surface area contributed by atoms with Crippen LogP contribution < -0.4 is 5.73 Å². The molecule has 1 atom stereocenters. The Hall–Kier alpha value is -2.02. The molecule has 0 aliphatic carbocycles. The first-order chi connectivity index (χ1) is 9.95. The number of ether oxygens (including phenoxy) is 1. The summed E-state index contributed by atoms with van der Waals surface area (Å²) in [6.07, 6.45) is 0. The van der Waals surface area contributed by atoms with Crippen molar-refractivity contribution in [3.8, 4) is 11.4 Å². The van der Waals surface area contributed by atoms with Gasteiger partial charge in [-0.05, 0) is 35.4 Å². The van der Waals surface area contributed by atoms with Crippen LogP contribution in [0.2, 0.25) is 0 Å². The lowest BCUT2D eigenvalue weighted by Crippen LogP contribution is -2.22. The molecule has 1 aromatic carbocycles. The molecule has 0 bridgehead atoms. The Balaban J connectivity index is 2.49. The summed E-state index contributed by atoms with van der Waals surface area (Å²) >= 11 is 0. The van der Waals surface area contributed by atoms with E-state index in [0.29, 0.717) is 29.2 Å². The van der Waals surface area contributed by atoms with E-state index in [9.17, 15) is 4.39 Å². The number of aromatic nitrogens is 4. The summed E-state index contributed by atoms with van der Waals surface area (Å²) in [7, 11) is 1.63. The van der Waals surface area contributed by atoms with E-state index < -0.39 is 0 Å². The second kappa shape index (κ2) is 6.17. The van der Waals surface area contributed by atoms with Crippen LogP contribution in [0, 0.1) is 18.7 Å². The fraction of sp³-hybridized carbons (Fsp3) is 0.500. The average molecular weight is 293 g/mol. The van der Waals surface area contributed by atoms with Crippen molar-refractivity contribution in [3.63, 3.8) is 0 Å². The summed E-state index contributed by atoms with van der Waals surface area (Å²) in [5.74, 6) is 0.378. The molecule has 6 nitrogen and oxygen atoms in total. The Morgan fingerprint density at radius 2 is 2.10 bits per heavy atom. The molecule has 2 N–H and O–H groups in total. The number of nitrogen functional groups attached to an aromatic ring is 1. The molecule has 0 aliphatic heterocycles. The van der Waals surface area contributed by atoms with Gasteiger partial charge in [-0.2, -0.15) is 0 Å². The third kappa shape index (κ3) is 3.02. The van der Waals surface area contributed by atoms with Crippen molar-refractivity contribution < 1.29 is 9.13 Å². The van der Waals surface area contributed by atoms with Crippen molar-refractivity contribution in [2.75, 3.05) is 19.5 Å². The molecule has 114 valence electrons. The summed E-state index contributed by atoms with van der Waals surface area (Å²) in [5.41, 5.74) is 7.20. The Kier molecular flexibility index (Phi) is 4.52. The van der Waals surface area contributed by atoms with Gasteiger partial charge in [-0.3, -0.25) is 0 Å². The molecular formula is C14H20FN5O. The smallest absolute Gasteiger partial charge is 0.182 e. The van der Waals surface area contributed by atoms with Crippen molar-refractivity contribution in [1.82, 2.24) is 20.2 Å². The molecule has 1 aromatic heterocycles. The lowest BCUT2D eigenvalue weighted by molar-refractivity contribution is 0.126. The molecule has 21 heavy (non-hydrogen) atoms. The van der Waals surface area contributed by atoms with Gasteiger partial charge in [0.2, 0.25) is 0 Å². The maximum absolute atomic E-state index is 13.9. The molecule has 0 radical (unpaired) electrons. The van der Waals surface area contributed by atoms with Gasteiger partial charge in [-0.1, -0.05) is 13.8 Å². The molecule has 0 aliphatic rings. The topological polar surface area (TPSA) is 78.8 Å². The number of hydrogen-bond donors (Lipinski definition) is 1. The van der Waals surface area contributed by atoms with Gasteiger partial charge < -0.3 is 10.5 Å². The zero-order valence-corrected chi connectivity index (χ0v) is 12.7. The fourth-order valence-electron chi connectivity index (χ4n) is 2.15. The van der Waals surface area contributed by atoms with E-state index >= 15 is 0 Å². The third-order valence-electron chi connectivity index (χ3n) is 3.56. The van der Waals surface area contributed by atoms with Crippen LogP contribution in [0.15, 0.2) is 12.1 Å². The van der Waals surface area contributed by atoms with E-state index in [-0.39, 0.29) is 17.8 Å². The van der Waals surface area contributed by atoms with E-state index in [4.69, 9.17) is 10.5 Å². The minimum Gasteiger partial charge on any atom is -0.398 e. The van der Waals surface area contributed by atoms with Gasteiger partial charge >= 0.3 is 0 Å². The predicted molar refractivity (Wildman–Crippen MR) is 78.1 cm³/mol. The highest BCUT2D eigenvalue weighted by Gasteiger charge is 2.22. The van der Waals surface area contributed by atoms with Gasteiger partial charge in [0.1, 0.15) is 5.82 Å². The molecule has 7 heteroatoms. The molecule has 1 heterocycles. The minimum atomic E-state index is -0.368. The Bertz CT molecular complexity index is 603. The summed E-state index contributed by atoms with van der Waals surface area (Å²) < 4.78 is 20.8. The zero-order chi connectivity index (χ0) is 15.6. The van der Waals surface area contributed by atoms with Gasteiger partial charge in [-0.25, -0.2) is 9.07 Å². The maximum Gasteiger partial charge on any atom is 0.182 e. The molecular weight excluding hydrogens is 273 g/mol. The van der Waals surface area contributed by atoms with E-state index in [1.165, 1.54) is 6.07 Å². The van der Waals surface area contributed by atoms with E-state index in [1.807, 2.05) is 0 Å². The Morgan fingerprint density at radius 3 is 2.67 bits per heavy atom. The van der Waals surface area contributed by atoms with Crippen LogP contribution in [0.4, 0.5) is 10.1 Å². The normalized spacial score (nSPS) is 12.9. The van der Waals surface area contributed by atoms with Crippen LogP contribution in [0.1, 0.15) is 25.5 Å². The molecule has 0 saturated heterocycles. The monoisotopic (exact) mass is 293 g/mol. The van der Waals surface area contributed by atoms with Crippen LogP contribution in [-0.2, 0) is 4.74 Å². The van der Waals surface area contributed by atoms with Crippen LogP contribution in [0.5, 0.6) is 0 Å². The van der Waals surface area contributed by atoms with Gasteiger partial charge in [0.25, 0.3) is 0 Å². The fourth-order valence-corrected chi connectivity index (χ4v) is 2.15. The van der Waals surface area contributed by atoms with Gasteiger partial charge in [0.15, 0.2) is 5.82 Å². The van der Waals surface area contributed by atoms with Crippen molar-refractivity contribution in [3.05, 3.63) is 23.5 Å². The number of nitrogens with two attached hydrogens (primary N) is 1. The highest BCUT2D eigenvalue weighted by Crippen LogP contribution is 2.27. The number of hydrogen-bond acceptors (Lipinski definition) is 5. The summed E-state index contributed by atoms with van der Waals surface area (Å²) in [6.45, 7) is 6.22. The number of benzene rings is 1. The second-order valence-electron chi connectivity index (χ2n) is 5.39. The Morgan fingerprint density at radius 1 is 1.38 bits per heavy atom. The highest BCUT2D eigenvalue weighted by molar-refractivity contribution is 5.64. The van der Waals surface area contributed by atoms with Crippen molar-refractivity contribution in [2.24, 2.45) is 5.92 Å². The maximum atomic E-state index is 13.9. The number of halogens is 1. The van der Waals surface area contributed by atoms with Crippen LogP contribution in [0.3, 0.4) is 0 Å². The van der Waals surface area contributed by atoms with E-state index in [2.05, 4.69) is 29.4 Å². The first-order valence-corrected chi connectivity index (χ1v) is 6.78. The number of rotatable bonds is 5. The first kappa shape index (κ1) is 15.4. The van der Waals surface area contributed by atoms with E-state index in [0.717, 1.165) is 0 Å². The number of anilines is 1. The second-order valence-corrected chi connectivity index (χ2v) is 5.39. The molecule has 2 aromatic rings. The van der Waals surface area contributed by atoms with Gasteiger partial charge in [0.05, 0.1) is 12.6 Å². The van der Waals surface area contributed by atoms with E-state index in [1.54, 1.807) is 24.8 Å². The number of methoxy groups -OCH3 is 1. The largest absolute Gasteiger partial charge is 0.398 e. The molecule has 0 amide bonds. The lowest BCUT2D eigenvalue weighted by Gasteiger charge is -2.21. The molecule has 0 saturated carbocycles. The van der Waals surface area contributed by atoms with Crippen LogP contribution in [0.25, 0.3) is 11.4 Å². The zero-order valence-electron chi connectivity index (χ0n) is 12.7. The predicted octanol–water partition coefficient (Wildman–Crippen LogP) is 2.21. The van der Waals surface area contributed by atoms with Crippen molar-refractivity contribution in [1.29, 1.82) is 0 Å². The minimum absolute atomic E-state index is 0.0365. The van der Waals surface area contributed by atoms with Crippen LogP contribution in [-0.4, -0.2) is 33.9 Å². The molecule has 2 rings (SSSR count). The molecule has 0 fully saturated rings. The number of tetrazole rings is 1. The third-order valence-corrected chi connectivity index (χ3v) is 3.56. The standard InChI is InChI=1S/C14H20FN5O/c1-8(2)13(7-21-4)20-14(17-18-19-20)10-5-11(15)9(3)12(16)6-10/h5-6,8,13H,7,16H2,1-4H3. The summed E-state index contributed by atoms with van der Waals surface area (Å²) in [5, 5.41) is 11.7. The SMILES string of the molecule is COCC(C(C)C)n1nnnc1-c1cc(N)c(C)c(F)c1. The molecule has 0 spiro atoms. The Labute approximate surface area is 123 Å². The summed E-state index contributed by atoms with van der Waals surface area (Å²) in [4.78, 5) is 0. The quantitative estimate of drug-likeness (QED) is 0.855. The first-order valence-electron chi connectivity index (χ1n) is 6.78. The van der Waals surface area contributed by atoms with Crippen LogP contribution >= 0.6 is 0 Å². The number of nitrogens with zero attached hydrogens (tertiary/aromatic N) is 4. The van der Waals surface area contributed by atoms with Crippen molar-refractivity contribution >= 4 is 5.69 Å². The summed E-state index contributed by atoms with van der Waals surface area (Å²) in [6, 6.07) is 3.05. The van der Waals surface area contributed by atoms with Gasteiger partial charge in [-0.15, -0.1) is 5.10 Å².